The summed E-state index contributed by atoms with van der Waals surface area (Å²) >= 11 is 3.15. The van der Waals surface area contributed by atoms with Gasteiger partial charge in [-0.25, -0.2) is 4.39 Å². The molecule has 1 aromatic rings. The summed E-state index contributed by atoms with van der Waals surface area (Å²) in [5, 5.41) is 2.40. The third-order valence-electron chi connectivity index (χ3n) is 4.88. The zero-order valence-electron chi connectivity index (χ0n) is 12.7. The van der Waals surface area contributed by atoms with Crippen LogP contribution >= 0.6 is 15.9 Å². The van der Waals surface area contributed by atoms with Crippen molar-refractivity contribution >= 4 is 33.5 Å². The minimum absolute atomic E-state index is 0.0716. The summed E-state index contributed by atoms with van der Waals surface area (Å²) < 4.78 is 19.2. The molecule has 1 N–H and O–H groups in total. The molecule has 0 heterocycles. The molecule has 3 rings (SSSR count). The van der Waals surface area contributed by atoms with E-state index in [1.54, 1.807) is 6.07 Å². The molecule has 6 heteroatoms. The molecule has 0 radical (unpaired) electrons. The summed E-state index contributed by atoms with van der Waals surface area (Å²) in [5.41, 5.74) is 0.0716. The van der Waals surface area contributed by atoms with E-state index in [4.69, 9.17) is 4.74 Å². The monoisotopic (exact) mass is 383 g/mol. The number of nitrogens with one attached hydrogen (secondary N) is 1. The fraction of sp³-hybridized carbons (Fsp3) is 0.529. The third kappa shape index (κ3) is 4.10. The first-order valence-corrected chi connectivity index (χ1v) is 8.71. The summed E-state index contributed by atoms with van der Waals surface area (Å²) in [6, 6.07) is 4.34. The third-order valence-corrected chi connectivity index (χ3v) is 5.38. The highest BCUT2D eigenvalue weighted by Gasteiger charge is 2.40. The second-order valence-electron chi connectivity index (χ2n) is 6.47. The average Bonchev–Trinajstić information content (AvgIpc) is 3.11. The molecule has 0 aliphatic heterocycles. The van der Waals surface area contributed by atoms with Crippen LogP contribution in [-0.4, -0.2) is 18.5 Å². The van der Waals surface area contributed by atoms with Crippen molar-refractivity contribution in [2.24, 2.45) is 17.8 Å². The lowest BCUT2D eigenvalue weighted by molar-refractivity contribution is -0.148. The highest BCUT2D eigenvalue weighted by Crippen LogP contribution is 2.49. The molecule has 1 aromatic carbocycles. The Hall–Kier alpha value is -1.43. The number of amides is 1. The van der Waals surface area contributed by atoms with Gasteiger partial charge in [-0.1, -0.05) is 22.4 Å². The molecule has 1 amide bonds. The Morgan fingerprint density at radius 2 is 2.13 bits per heavy atom. The van der Waals surface area contributed by atoms with Gasteiger partial charge in [-0.05, 0) is 55.2 Å². The normalized spacial score (nSPS) is 25.4. The molecule has 2 fully saturated rings. The molecular formula is C17H19BrFNO3. The van der Waals surface area contributed by atoms with E-state index in [0.29, 0.717) is 22.7 Å². The summed E-state index contributed by atoms with van der Waals surface area (Å²) in [6.07, 6.45) is 5.24. The van der Waals surface area contributed by atoms with Gasteiger partial charge in [0.15, 0.2) is 6.61 Å². The van der Waals surface area contributed by atoms with Crippen LogP contribution in [0, 0.1) is 23.6 Å². The second kappa shape index (κ2) is 6.99. The molecule has 2 aliphatic rings. The van der Waals surface area contributed by atoms with Crippen LogP contribution < -0.4 is 5.32 Å². The van der Waals surface area contributed by atoms with Gasteiger partial charge >= 0.3 is 5.97 Å². The average molecular weight is 384 g/mol. The highest BCUT2D eigenvalue weighted by atomic mass is 79.9. The van der Waals surface area contributed by atoms with Crippen molar-refractivity contribution in [3.8, 4) is 0 Å². The van der Waals surface area contributed by atoms with Crippen molar-refractivity contribution in [1.82, 2.24) is 0 Å². The van der Waals surface area contributed by atoms with Gasteiger partial charge < -0.3 is 10.1 Å². The number of benzene rings is 1. The van der Waals surface area contributed by atoms with E-state index in [-0.39, 0.29) is 18.3 Å². The summed E-state index contributed by atoms with van der Waals surface area (Å²) in [5.74, 6) is 0.426. The number of carbonyl (C=O) groups excluding carboxylic acids is 2. The lowest BCUT2D eigenvalue weighted by atomic mass is 9.86. The van der Waals surface area contributed by atoms with Crippen LogP contribution in [0.4, 0.5) is 10.1 Å². The van der Waals surface area contributed by atoms with E-state index in [1.807, 2.05) is 0 Å². The number of hydrogen-bond donors (Lipinski definition) is 1. The van der Waals surface area contributed by atoms with Crippen LogP contribution in [0.25, 0.3) is 0 Å². The molecule has 0 spiro atoms. The van der Waals surface area contributed by atoms with Crippen LogP contribution in [0.2, 0.25) is 0 Å². The summed E-state index contributed by atoms with van der Waals surface area (Å²) in [6.45, 7) is -0.380. The zero-order valence-corrected chi connectivity index (χ0v) is 14.3. The Balaban J connectivity index is 1.42. The number of rotatable bonds is 5. The van der Waals surface area contributed by atoms with Crippen LogP contribution in [0.5, 0.6) is 0 Å². The lowest BCUT2D eigenvalue weighted by Gasteiger charge is -2.20. The number of anilines is 1. The van der Waals surface area contributed by atoms with Crippen molar-refractivity contribution < 1.29 is 18.7 Å². The van der Waals surface area contributed by atoms with Gasteiger partial charge in [0.1, 0.15) is 5.82 Å². The Bertz CT molecular complexity index is 622. The molecule has 2 saturated carbocycles. The fourth-order valence-electron chi connectivity index (χ4n) is 3.82. The number of fused-ring (bicyclic) bond motifs is 2. The first-order valence-electron chi connectivity index (χ1n) is 7.92. The molecular weight excluding hydrogens is 365 g/mol. The fourth-order valence-corrected chi connectivity index (χ4v) is 4.16. The van der Waals surface area contributed by atoms with Crippen molar-refractivity contribution in [2.75, 3.05) is 11.9 Å². The predicted molar refractivity (Wildman–Crippen MR) is 87.2 cm³/mol. The summed E-state index contributed by atoms with van der Waals surface area (Å²) in [7, 11) is 0. The van der Waals surface area contributed by atoms with Gasteiger partial charge in [-0.15, -0.1) is 0 Å². The number of esters is 1. The Morgan fingerprint density at radius 3 is 2.78 bits per heavy atom. The van der Waals surface area contributed by atoms with Crippen molar-refractivity contribution in [1.29, 1.82) is 0 Å². The molecule has 0 aromatic heterocycles. The predicted octanol–water partition coefficient (Wildman–Crippen LogP) is 3.90. The number of halogens is 2. The van der Waals surface area contributed by atoms with E-state index in [2.05, 4.69) is 21.2 Å². The molecule has 4 nitrogen and oxygen atoms in total. The smallest absolute Gasteiger partial charge is 0.306 e. The molecule has 2 bridgehead atoms. The first-order chi connectivity index (χ1) is 11.0. The first kappa shape index (κ1) is 16.4. The largest absolute Gasteiger partial charge is 0.456 e. The summed E-state index contributed by atoms with van der Waals surface area (Å²) in [4.78, 5) is 23.6. The number of carbonyl (C=O) groups is 2. The number of hydrogen-bond acceptors (Lipinski definition) is 3. The SMILES string of the molecule is O=C(COC(=O)C[C@@H]1C[C@@H]2CC[C@H]1C2)Nc1ccc(Br)cc1F. The molecule has 3 atom stereocenters. The lowest BCUT2D eigenvalue weighted by Crippen LogP contribution is -2.23. The second-order valence-corrected chi connectivity index (χ2v) is 7.39. The molecule has 0 unspecified atom stereocenters. The quantitative estimate of drug-likeness (QED) is 0.784. The molecule has 124 valence electrons. The minimum atomic E-state index is -0.541. The van der Waals surface area contributed by atoms with Crippen LogP contribution in [0.3, 0.4) is 0 Å². The topological polar surface area (TPSA) is 55.4 Å². The van der Waals surface area contributed by atoms with Crippen molar-refractivity contribution in [2.45, 2.75) is 32.1 Å². The van der Waals surface area contributed by atoms with Crippen molar-refractivity contribution in [3.63, 3.8) is 0 Å². The molecule has 2 aliphatic carbocycles. The van der Waals surface area contributed by atoms with Gasteiger partial charge in [-0.2, -0.15) is 0 Å². The van der Waals surface area contributed by atoms with Gasteiger partial charge in [0.25, 0.3) is 5.91 Å². The maximum Gasteiger partial charge on any atom is 0.306 e. The maximum atomic E-state index is 13.6. The van der Waals surface area contributed by atoms with Crippen LogP contribution in [0.1, 0.15) is 32.1 Å². The van der Waals surface area contributed by atoms with E-state index in [1.165, 1.54) is 31.4 Å². The van der Waals surface area contributed by atoms with Gasteiger partial charge in [0.2, 0.25) is 0 Å². The van der Waals surface area contributed by atoms with Gasteiger partial charge in [0, 0.05) is 10.9 Å². The van der Waals surface area contributed by atoms with E-state index in [9.17, 15) is 14.0 Å². The standard InChI is InChI=1S/C17H19BrFNO3/c18-13-3-4-15(14(19)8-13)20-16(21)9-23-17(22)7-12-6-10-1-2-11(12)5-10/h3-4,8,10-12H,1-2,5-7,9H2,(H,20,21)/t10-,11+,12+/m1/s1. The highest BCUT2D eigenvalue weighted by molar-refractivity contribution is 9.10. The Kier molecular flexibility index (Phi) is 4.99. The number of ether oxygens (including phenoxy) is 1. The zero-order chi connectivity index (χ0) is 16.4. The molecule has 0 saturated heterocycles. The van der Waals surface area contributed by atoms with Gasteiger partial charge in [-0.3, -0.25) is 9.59 Å². The van der Waals surface area contributed by atoms with Crippen LogP contribution in [-0.2, 0) is 14.3 Å². The molecule has 23 heavy (non-hydrogen) atoms. The Labute approximate surface area is 142 Å². The maximum absolute atomic E-state index is 13.6. The van der Waals surface area contributed by atoms with Gasteiger partial charge in [0.05, 0.1) is 5.69 Å². The van der Waals surface area contributed by atoms with E-state index >= 15 is 0 Å². The van der Waals surface area contributed by atoms with Crippen LogP contribution in [0.15, 0.2) is 22.7 Å². The Morgan fingerprint density at radius 1 is 1.30 bits per heavy atom. The van der Waals surface area contributed by atoms with Crippen molar-refractivity contribution in [3.05, 3.63) is 28.5 Å². The van der Waals surface area contributed by atoms with E-state index in [0.717, 1.165) is 12.3 Å². The minimum Gasteiger partial charge on any atom is -0.456 e. The van der Waals surface area contributed by atoms with E-state index < -0.39 is 11.7 Å².